The standard InChI is InChI=1S/C22H22ClN3O4/c23-14-3-1-2-12(8-14)9-24-21(29)16-10-25-11-17-13-4-6-15(7-5-13)26(17)22(30)18(25)20(28)19(16)27/h1-3,8,10,13,15,17,28H,4-7,9,11H2,(H,24,29)/t13?,15?,17-/m0/s1. The summed E-state index contributed by atoms with van der Waals surface area (Å²) in [6, 6.07) is 7.29. The molecule has 7 nitrogen and oxygen atoms in total. The third-order valence-electron chi connectivity index (χ3n) is 6.70. The Morgan fingerprint density at radius 1 is 1.20 bits per heavy atom. The second-order valence-electron chi connectivity index (χ2n) is 8.38. The molecule has 6 rings (SSSR count). The molecule has 8 heteroatoms. The molecule has 2 N–H and O–H groups in total. The first-order chi connectivity index (χ1) is 14.4. The van der Waals surface area contributed by atoms with Gasteiger partial charge in [-0.15, -0.1) is 0 Å². The Morgan fingerprint density at radius 2 is 1.97 bits per heavy atom. The maximum absolute atomic E-state index is 13.1. The van der Waals surface area contributed by atoms with Crippen LogP contribution in [0.5, 0.6) is 5.75 Å². The van der Waals surface area contributed by atoms with Crippen molar-refractivity contribution >= 4 is 23.4 Å². The van der Waals surface area contributed by atoms with E-state index in [9.17, 15) is 19.5 Å². The van der Waals surface area contributed by atoms with Crippen molar-refractivity contribution in [3.05, 3.63) is 62.5 Å². The zero-order valence-electron chi connectivity index (χ0n) is 16.3. The Kier molecular flexibility index (Phi) is 4.58. The third kappa shape index (κ3) is 2.99. The molecule has 0 radical (unpaired) electrons. The molecule has 3 fully saturated rings. The van der Waals surface area contributed by atoms with E-state index in [1.54, 1.807) is 22.8 Å². The predicted molar refractivity (Wildman–Crippen MR) is 111 cm³/mol. The van der Waals surface area contributed by atoms with Gasteiger partial charge < -0.3 is 19.9 Å². The van der Waals surface area contributed by atoms with Gasteiger partial charge in [-0.3, -0.25) is 14.4 Å². The number of carbonyl (C=O) groups excluding carboxylic acids is 2. The summed E-state index contributed by atoms with van der Waals surface area (Å²) in [5, 5.41) is 13.8. The highest BCUT2D eigenvalue weighted by atomic mass is 35.5. The molecule has 0 unspecified atom stereocenters. The number of aromatic nitrogens is 1. The van der Waals surface area contributed by atoms with Crippen LogP contribution in [0.15, 0.2) is 35.3 Å². The summed E-state index contributed by atoms with van der Waals surface area (Å²) in [5.74, 6) is -1.11. The van der Waals surface area contributed by atoms with Crippen molar-refractivity contribution in [1.82, 2.24) is 14.8 Å². The van der Waals surface area contributed by atoms with Crippen LogP contribution in [0.2, 0.25) is 5.02 Å². The van der Waals surface area contributed by atoms with E-state index < -0.39 is 17.1 Å². The number of nitrogens with one attached hydrogen (secondary N) is 1. The van der Waals surface area contributed by atoms with Gasteiger partial charge >= 0.3 is 0 Å². The van der Waals surface area contributed by atoms with E-state index in [1.165, 1.54) is 6.20 Å². The maximum atomic E-state index is 13.1. The topological polar surface area (TPSA) is 91.6 Å². The molecule has 2 aromatic rings. The molecule has 2 bridgehead atoms. The molecular formula is C22H22ClN3O4. The number of amides is 2. The lowest BCUT2D eigenvalue weighted by Gasteiger charge is -2.53. The van der Waals surface area contributed by atoms with Crippen LogP contribution in [-0.4, -0.2) is 38.5 Å². The van der Waals surface area contributed by atoms with E-state index in [4.69, 9.17) is 11.6 Å². The molecule has 3 aliphatic heterocycles. The Hall–Kier alpha value is -2.80. The summed E-state index contributed by atoms with van der Waals surface area (Å²) in [6.07, 6.45) is 5.55. The van der Waals surface area contributed by atoms with Crippen LogP contribution >= 0.6 is 11.6 Å². The fourth-order valence-electron chi connectivity index (χ4n) is 5.24. The van der Waals surface area contributed by atoms with Crippen molar-refractivity contribution in [1.29, 1.82) is 0 Å². The SMILES string of the molecule is O=C(NCc1cccc(Cl)c1)c1cn2c(c(O)c1=O)C(=O)N1C3CCC(CC3)[C@@H]1C2. The van der Waals surface area contributed by atoms with E-state index in [1.807, 2.05) is 11.0 Å². The van der Waals surface area contributed by atoms with Gasteiger partial charge in [-0.2, -0.15) is 0 Å². The van der Waals surface area contributed by atoms with Crippen molar-refractivity contribution in [2.45, 2.75) is 50.9 Å². The molecule has 30 heavy (non-hydrogen) atoms. The zero-order chi connectivity index (χ0) is 21.0. The zero-order valence-corrected chi connectivity index (χ0v) is 17.1. The van der Waals surface area contributed by atoms with Crippen LogP contribution in [0.3, 0.4) is 0 Å². The van der Waals surface area contributed by atoms with Crippen LogP contribution in [-0.2, 0) is 13.1 Å². The molecule has 1 saturated carbocycles. The van der Waals surface area contributed by atoms with Crippen molar-refractivity contribution in [2.24, 2.45) is 5.92 Å². The van der Waals surface area contributed by atoms with Crippen molar-refractivity contribution in [2.75, 3.05) is 0 Å². The van der Waals surface area contributed by atoms with Gasteiger partial charge in [0.05, 0.1) is 6.04 Å². The van der Waals surface area contributed by atoms with E-state index in [0.717, 1.165) is 31.2 Å². The molecule has 1 aromatic heterocycles. The highest BCUT2D eigenvalue weighted by Gasteiger charge is 2.48. The van der Waals surface area contributed by atoms with Gasteiger partial charge in [0.15, 0.2) is 11.4 Å². The summed E-state index contributed by atoms with van der Waals surface area (Å²) < 4.78 is 1.59. The lowest BCUT2D eigenvalue weighted by Crippen LogP contribution is -2.61. The molecule has 2 saturated heterocycles. The lowest BCUT2D eigenvalue weighted by molar-refractivity contribution is -0.0181. The first kappa shape index (κ1) is 19.2. The predicted octanol–water partition coefficient (Wildman–Crippen LogP) is 2.53. The summed E-state index contributed by atoms with van der Waals surface area (Å²) in [5.41, 5.74) is -0.198. The molecule has 2 amide bonds. The van der Waals surface area contributed by atoms with Crippen molar-refractivity contribution in [3.63, 3.8) is 0 Å². The fourth-order valence-corrected chi connectivity index (χ4v) is 5.46. The second-order valence-corrected chi connectivity index (χ2v) is 8.82. The summed E-state index contributed by atoms with van der Waals surface area (Å²) in [4.78, 5) is 40.4. The minimum Gasteiger partial charge on any atom is -0.503 e. The van der Waals surface area contributed by atoms with Crippen LogP contribution < -0.4 is 10.7 Å². The van der Waals surface area contributed by atoms with Gasteiger partial charge in [-0.25, -0.2) is 0 Å². The molecule has 1 aromatic carbocycles. The van der Waals surface area contributed by atoms with Crippen LogP contribution in [0, 0.1) is 5.92 Å². The van der Waals surface area contributed by atoms with Gasteiger partial charge in [0, 0.05) is 30.4 Å². The van der Waals surface area contributed by atoms with Crippen molar-refractivity contribution < 1.29 is 14.7 Å². The van der Waals surface area contributed by atoms with Crippen molar-refractivity contribution in [3.8, 4) is 5.75 Å². The molecular weight excluding hydrogens is 406 g/mol. The van der Waals surface area contributed by atoms with Gasteiger partial charge in [-0.1, -0.05) is 23.7 Å². The Morgan fingerprint density at radius 3 is 2.70 bits per heavy atom. The number of benzene rings is 1. The first-order valence-corrected chi connectivity index (χ1v) is 10.6. The summed E-state index contributed by atoms with van der Waals surface area (Å²) >= 11 is 5.96. The van der Waals surface area contributed by atoms with E-state index >= 15 is 0 Å². The Balaban J connectivity index is 1.45. The third-order valence-corrected chi connectivity index (χ3v) is 6.94. The molecule has 1 atom stereocenters. The molecule has 1 aliphatic carbocycles. The maximum Gasteiger partial charge on any atom is 0.275 e. The molecule has 0 spiro atoms. The molecule has 4 aliphatic rings. The number of hydrogen-bond donors (Lipinski definition) is 2. The van der Waals surface area contributed by atoms with Gasteiger partial charge in [0.2, 0.25) is 5.43 Å². The number of carbonyl (C=O) groups is 2. The fraction of sp³-hybridized carbons (Fsp3) is 0.409. The summed E-state index contributed by atoms with van der Waals surface area (Å²) in [7, 11) is 0. The first-order valence-electron chi connectivity index (χ1n) is 10.3. The van der Waals surface area contributed by atoms with E-state index in [-0.39, 0.29) is 35.8 Å². The smallest absolute Gasteiger partial charge is 0.275 e. The number of fused-ring (bicyclic) bond motifs is 3. The number of rotatable bonds is 3. The second kappa shape index (κ2) is 7.16. The Bertz CT molecular complexity index is 1100. The number of aromatic hydroxyl groups is 1. The monoisotopic (exact) mass is 427 g/mol. The van der Waals surface area contributed by atoms with Gasteiger partial charge in [-0.05, 0) is 49.3 Å². The number of pyridine rings is 1. The number of piperidine rings is 2. The van der Waals surface area contributed by atoms with Gasteiger partial charge in [0.25, 0.3) is 11.8 Å². The molecule has 156 valence electrons. The average molecular weight is 428 g/mol. The highest BCUT2D eigenvalue weighted by molar-refractivity contribution is 6.30. The van der Waals surface area contributed by atoms with Crippen LogP contribution in [0.4, 0.5) is 0 Å². The van der Waals surface area contributed by atoms with Gasteiger partial charge in [0.1, 0.15) is 5.56 Å². The number of nitrogens with zero attached hydrogens (tertiary/aromatic N) is 2. The minimum atomic E-state index is -0.821. The quantitative estimate of drug-likeness (QED) is 0.787. The molecule has 4 heterocycles. The average Bonchev–Trinajstić information content (AvgIpc) is 2.75. The van der Waals surface area contributed by atoms with E-state index in [0.29, 0.717) is 17.5 Å². The minimum absolute atomic E-state index is 0.00445. The lowest BCUT2D eigenvalue weighted by atomic mass is 9.73. The highest BCUT2D eigenvalue weighted by Crippen LogP contribution is 2.43. The van der Waals surface area contributed by atoms with Crippen LogP contribution in [0.1, 0.15) is 52.1 Å². The number of halogens is 1. The Labute approximate surface area is 178 Å². The summed E-state index contributed by atoms with van der Waals surface area (Å²) in [6.45, 7) is 0.686. The van der Waals surface area contributed by atoms with E-state index in [2.05, 4.69) is 5.32 Å². The number of hydrogen-bond acceptors (Lipinski definition) is 4. The van der Waals surface area contributed by atoms with Crippen LogP contribution in [0.25, 0.3) is 0 Å². The normalized spacial score (nSPS) is 24.4. The largest absolute Gasteiger partial charge is 0.503 e.